The molecule has 0 bridgehead atoms. The summed E-state index contributed by atoms with van der Waals surface area (Å²) in [6, 6.07) is 5.93. The molecular formula is C14H15FN2O3. The molecule has 0 aliphatic heterocycles. The van der Waals surface area contributed by atoms with Gasteiger partial charge in [-0.2, -0.15) is 0 Å². The van der Waals surface area contributed by atoms with Crippen molar-refractivity contribution in [2.75, 3.05) is 6.61 Å². The molecule has 5 nitrogen and oxygen atoms in total. The smallest absolute Gasteiger partial charge is 0.244 e. The molecule has 0 aliphatic carbocycles. The van der Waals surface area contributed by atoms with E-state index in [1.54, 1.807) is 25.3 Å². The number of hydrogen-bond acceptors (Lipinski definition) is 4. The fourth-order valence-electron chi connectivity index (χ4n) is 1.60. The van der Waals surface area contributed by atoms with Crippen LogP contribution >= 0.6 is 0 Å². The molecule has 0 atom stereocenters. The summed E-state index contributed by atoms with van der Waals surface area (Å²) < 4.78 is 18.3. The van der Waals surface area contributed by atoms with Crippen LogP contribution in [0.2, 0.25) is 0 Å². The molecule has 0 radical (unpaired) electrons. The average Bonchev–Trinajstić information content (AvgIpc) is 2.92. The number of aryl methyl sites for hydroxylation is 1. The molecule has 0 saturated carbocycles. The maximum Gasteiger partial charge on any atom is 0.244 e. The van der Waals surface area contributed by atoms with Crippen molar-refractivity contribution in [3.8, 4) is 11.3 Å². The first-order chi connectivity index (χ1) is 9.69. The normalized spacial score (nSPS) is 10.5. The van der Waals surface area contributed by atoms with Crippen LogP contribution in [0.15, 0.2) is 34.9 Å². The minimum absolute atomic E-state index is 0.226. The molecule has 106 valence electrons. The molecule has 1 amide bonds. The molecule has 1 N–H and O–H groups in total. The lowest BCUT2D eigenvalue weighted by atomic mass is 10.2. The summed E-state index contributed by atoms with van der Waals surface area (Å²) in [5.74, 6) is 0.468. The zero-order valence-electron chi connectivity index (χ0n) is 11.1. The van der Waals surface area contributed by atoms with E-state index in [4.69, 9.17) is 9.25 Å². The third-order valence-corrected chi connectivity index (χ3v) is 2.58. The number of benzene rings is 1. The zero-order chi connectivity index (χ0) is 14.4. The molecule has 0 fully saturated rings. The van der Waals surface area contributed by atoms with Crippen LogP contribution < -0.4 is 5.48 Å². The van der Waals surface area contributed by atoms with Gasteiger partial charge in [-0.3, -0.25) is 9.63 Å². The molecule has 1 aromatic carbocycles. The van der Waals surface area contributed by atoms with Crippen LogP contribution in [0.25, 0.3) is 11.3 Å². The van der Waals surface area contributed by atoms with Crippen molar-refractivity contribution >= 4 is 5.91 Å². The van der Waals surface area contributed by atoms with Gasteiger partial charge in [0.15, 0.2) is 11.7 Å². The van der Waals surface area contributed by atoms with Gasteiger partial charge in [0.05, 0.1) is 12.8 Å². The SMILES string of the molecule is CCONC(=O)CCc1ncc(-c2ccc(F)cc2)o1. The third kappa shape index (κ3) is 3.89. The first kappa shape index (κ1) is 14.2. The van der Waals surface area contributed by atoms with Gasteiger partial charge in [0, 0.05) is 18.4 Å². The van der Waals surface area contributed by atoms with Crippen molar-refractivity contribution in [1.82, 2.24) is 10.5 Å². The first-order valence-corrected chi connectivity index (χ1v) is 6.30. The Bertz CT molecular complexity index is 566. The van der Waals surface area contributed by atoms with Crippen molar-refractivity contribution < 1.29 is 18.4 Å². The predicted octanol–water partition coefficient (Wildman–Crippen LogP) is 2.48. The van der Waals surface area contributed by atoms with Crippen LogP contribution in [0.3, 0.4) is 0 Å². The number of rotatable bonds is 6. The summed E-state index contributed by atoms with van der Waals surface area (Å²) in [6.07, 6.45) is 2.16. The number of hydroxylamine groups is 1. The summed E-state index contributed by atoms with van der Waals surface area (Å²) in [5, 5.41) is 0. The van der Waals surface area contributed by atoms with E-state index in [-0.39, 0.29) is 18.1 Å². The Morgan fingerprint density at radius 3 is 2.85 bits per heavy atom. The topological polar surface area (TPSA) is 64.4 Å². The number of halogens is 1. The number of amides is 1. The van der Waals surface area contributed by atoms with E-state index >= 15 is 0 Å². The minimum Gasteiger partial charge on any atom is -0.441 e. The van der Waals surface area contributed by atoms with E-state index in [1.165, 1.54) is 12.1 Å². The van der Waals surface area contributed by atoms with E-state index in [1.807, 2.05) is 0 Å². The number of aromatic nitrogens is 1. The molecule has 0 unspecified atom stereocenters. The highest BCUT2D eigenvalue weighted by Gasteiger charge is 2.09. The second-order valence-corrected chi connectivity index (χ2v) is 4.08. The van der Waals surface area contributed by atoms with Gasteiger partial charge in [0.1, 0.15) is 5.82 Å². The Labute approximate surface area is 115 Å². The Hall–Kier alpha value is -2.21. The first-order valence-electron chi connectivity index (χ1n) is 6.30. The molecule has 20 heavy (non-hydrogen) atoms. The lowest BCUT2D eigenvalue weighted by Crippen LogP contribution is -2.23. The van der Waals surface area contributed by atoms with Gasteiger partial charge in [-0.05, 0) is 31.2 Å². The average molecular weight is 278 g/mol. The maximum atomic E-state index is 12.8. The highest BCUT2D eigenvalue weighted by atomic mass is 19.1. The van der Waals surface area contributed by atoms with Crippen molar-refractivity contribution in [2.45, 2.75) is 19.8 Å². The zero-order valence-corrected chi connectivity index (χ0v) is 11.1. The quantitative estimate of drug-likeness (QED) is 0.824. The molecule has 1 heterocycles. The molecular weight excluding hydrogens is 263 g/mol. The van der Waals surface area contributed by atoms with E-state index in [0.29, 0.717) is 24.7 Å². The number of nitrogens with one attached hydrogen (secondary N) is 1. The van der Waals surface area contributed by atoms with Gasteiger partial charge < -0.3 is 4.42 Å². The van der Waals surface area contributed by atoms with Gasteiger partial charge in [0.2, 0.25) is 5.91 Å². The molecule has 6 heteroatoms. The highest BCUT2D eigenvalue weighted by molar-refractivity contribution is 5.74. The van der Waals surface area contributed by atoms with Crippen molar-refractivity contribution in [3.63, 3.8) is 0 Å². The van der Waals surface area contributed by atoms with E-state index in [9.17, 15) is 9.18 Å². The summed E-state index contributed by atoms with van der Waals surface area (Å²) >= 11 is 0. The van der Waals surface area contributed by atoms with Crippen LogP contribution in [0.4, 0.5) is 4.39 Å². The van der Waals surface area contributed by atoms with Gasteiger partial charge in [-0.1, -0.05) is 0 Å². The lowest BCUT2D eigenvalue weighted by molar-refractivity contribution is -0.133. The van der Waals surface area contributed by atoms with E-state index in [0.717, 1.165) is 5.56 Å². The Balaban J connectivity index is 1.92. The standard InChI is InChI=1S/C14H15FN2O3/c1-2-19-17-13(18)7-8-14-16-9-12(20-14)10-3-5-11(15)6-4-10/h3-6,9H,2,7-8H2,1H3,(H,17,18). The number of hydrogen-bond donors (Lipinski definition) is 1. The molecule has 1 aromatic heterocycles. The summed E-state index contributed by atoms with van der Waals surface area (Å²) in [5.41, 5.74) is 3.04. The molecule has 2 aromatic rings. The van der Waals surface area contributed by atoms with Crippen LogP contribution in [0, 0.1) is 5.82 Å². The fraction of sp³-hybridized carbons (Fsp3) is 0.286. The largest absolute Gasteiger partial charge is 0.441 e. The lowest BCUT2D eigenvalue weighted by Gasteiger charge is -2.01. The third-order valence-electron chi connectivity index (χ3n) is 2.58. The second-order valence-electron chi connectivity index (χ2n) is 4.08. The number of carbonyl (C=O) groups is 1. The molecule has 0 saturated heterocycles. The summed E-state index contributed by atoms with van der Waals surface area (Å²) in [7, 11) is 0. The Morgan fingerprint density at radius 2 is 2.15 bits per heavy atom. The van der Waals surface area contributed by atoms with Crippen LogP contribution in [-0.2, 0) is 16.1 Å². The Morgan fingerprint density at radius 1 is 1.40 bits per heavy atom. The summed E-state index contributed by atoms with van der Waals surface area (Å²) in [4.78, 5) is 20.2. The summed E-state index contributed by atoms with van der Waals surface area (Å²) in [6.45, 7) is 2.20. The van der Waals surface area contributed by atoms with E-state index < -0.39 is 0 Å². The van der Waals surface area contributed by atoms with E-state index in [2.05, 4.69) is 10.5 Å². The monoisotopic (exact) mass is 278 g/mol. The number of nitrogens with zero attached hydrogens (tertiary/aromatic N) is 1. The highest BCUT2D eigenvalue weighted by Crippen LogP contribution is 2.21. The minimum atomic E-state index is -0.305. The van der Waals surface area contributed by atoms with Crippen LogP contribution in [-0.4, -0.2) is 17.5 Å². The second kappa shape index (κ2) is 6.81. The van der Waals surface area contributed by atoms with Gasteiger partial charge in [0.25, 0.3) is 0 Å². The van der Waals surface area contributed by atoms with Crippen LogP contribution in [0.1, 0.15) is 19.2 Å². The van der Waals surface area contributed by atoms with Crippen molar-refractivity contribution in [3.05, 3.63) is 42.2 Å². The van der Waals surface area contributed by atoms with Crippen molar-refractivity contribution in [1.29, 1.82) is 0 Å². The number of oxazole rings is 1. The maximum absolute atomic E-state index is 12.8. The molecule has 0 spiro atoms. The van der Waals surface area contributed by atoms with Gasteiger partial charge in [-0.15, -0.1) is 0 Å². The van der Waals surface area contributed by atoms with Gasteiger partial charge in [-0.25, -0.2) is 14.9 Å². The van der Waals surface area contributed by atoms with Crippen molar-refractivity contribution in [2.24, 2.45) is 0 Å². The fourth-order valence-corrected chi connectivity index (χ4v) is 1.60. The number of carbonyl (C=O) groups excluding carboxylic acids is 1. The van der Waals surface area contributed by atoms with Crippen LogP contribution in [0.5, 0.6) is 0 Å². The molecule has 0 aliphatic rings. The molecule has 2 rings (SSSR count). The Kier molecular flexibility index (Phi) is 4.84. The predicted molar refractivity (Wildman–Crippen MR) is 70.0 cm³/mol. The van der Waals surface area contributed by atoms with Gasteiger partial charge >= 0.3 is 0 Å².